The predicted molar refractivity (Wildman–Crippen MR) is 65.3 cm³/mol. The number of benzene rings is 1. The lowest BCUT2D eigenvalue weighted by atomic mass is 9.80. The third-order valence-electron chi connectivity index (χ3n) is 3.34. The van der Waals surface area contributed by atoms with Crippen molar-refractivity contribution in [2.24, 2.45) is 0 Å². The molecule has 1 aliphatic carbocycles. The van der Waals surface area contributed by atoms with E-state index in [9.17, 15) is 9.59 Å². The fraction of sp³-hybridized carbons (Fsp3) is 0.286. The molecule has 1 unspecified atom stereocenters. The van der Waals surface area contributed by atoms with Crippen molar-refractivity contribution in [3.8, 4) is 0 Å². The maximum Gasteiger partial charge on any atom is 0.332 e. The van der Waals surface area contributed by atoms with Crippen LogP contribution in [-0.4, -0.2) is 22.2 Å². The van der Waals surface area contributed by atoms with Gasteiger partial charge in [-0.2, -0.15) is 0 Å². The van der Waals surface area contributed by atoms with E-state index in [0.29, 0.717) is 19.3 Å². The zero-order valence-electron chi connectivity index (χ0n) is 9.80. The Kier molecular flexibility index (Phi) is 3.46. The number of hydrogen-bond donors (Lipinski definition) is 2. The van der Waals surface area contributed by atoms with Crippen molar-refractivity contribution in [3.05, 3.63) is 47.0 Å². The van der Waals surface area contributed by atoms with E-state index >= 15 is 0 Å². The molecule has 1 aromatic rings. The van der Waals surface area contributed by atoms with E-state index in [1.165, 1.54) is 0 Å². The monoisotopic (exact) mass is 246 g/mol. The molecule has 94 valence electrons. The maximum atomic E-state index is 11.1. The average molecular weight is 246 g/mol. The van der Waals surface area contributed by atoms with Crippen LogP contribution in [0.2, 0.25) is 0 Å². The van der Waals surface area contributed by atoms with Gasteiger partial charge in [0.05, 0.1) is 0 Å². The Morgan fingerprint density at radius 2 is 1.61 bits per heavy atom. The Balaban J connectivity index is 2.29. The standard InChI is InChI=1S/C14H14O4/c15-13(16)11-7-6-10(8-12(11)14(17)18)9-4-2-1-3-5-9/h1-5,10H,6-8H2,(H,15,16)(H,17,18). The fourth-order valence-electron chi connectivity index (χ4n) is 2.40. The summed E-state index contributed by atoms with van der Waals surface area (Å²) in [5.41, 5.74) is 1.16. The molecular weight excluding hydrogens is 232 g/mol. The van der Waals surface area contributed by atoms with E-state index in [4.69, 9.17) is 10.2 Å². The molecule has 1 aromatic carbocycles. The van der Waals surface area contributed by atoms with Gasteiger partial charge in [-0.25, -0.2) is 9.59 Å². The summed E-state index contributed by atoms with van der Waals surface area (Å²) >= 11 is 0. The van der Waals surface area contributed by atoms with Gasteiger partial charge in [-0.15, -0.1) is 0 Å². The highest BCUT2D eigenvalue weighted by Crippen LogP contribution is 2.36. The molecule has 4 heteroatoms. The van der Waals surface area contributed by atoms with Crippen molar-refractivity contribution in [2.45, 2.75) is 25.2 Å². The summed E-state index contributed by atoms with van der Waals surface area (Å²) in [7, 11) is 0. The Hall–Kier alpha value is -2.10. The van der Waals surface area contributed by atoms with Crippen molar-refractivity contribution >= 4 is 11.9 Å². The SMILES string of the molecule is O=C(O)C1=C(C(=O)O)CC(c2ccccc2)CC1. The summed E-state index contributed by atoms with van der Waals surface area (Å²) in [5, 5.41) is 18.1. The van der Waals surface area contributed by atoms with Crippen molar-refractivity contribution in [1.82, 2.24) is 0 Å². The summed E-state index contributed by atoms with van der Waals surface area (Å²) in [4.78, 5) is 22.1. The van der Waals surface area contributed by atoms with Crippen LogP contribution in [-0.2, 0) is 9.59 Å². The fourth-order valence-corrected chi connectivity index (χ4v) is 2.40. The molecule has 4 nitrogen and oxygen atoms in total. The average Bonchev–Trinajstić information content (AvgIpc) is 2.39. The van der Waals surface area contributed by atoms with Crippen molar-refractivity contribution in [3.63, 3.8) is 0 Å². The molecule has 0 heterocycles. The molecule has 0 aliphatic heterocycles. The first-order chi connectivity index (χ1) is 8.59. The number of carbonyl (C=O) groups is 2. The highest BCUT2D eigenvalue weighted by Gasteiger charge is 2.29. The van der Waals surface area contributed by atoms with Crippen molar-refractivity contribution < 1.29 is 19.8 Å². The number of carboxylic acids is 2. The zero-order chi connectivity index (χ0) is 13.1. The number of hydrogen-bond acceptors (Lipinski definition) is 2. The largest absolute Gasteiger partial charge is 0.478 e. The van der Waals surface area contributed by atoms with E-state index in [2.05, 4.69) is 0 Å². The van der Waals surface area contributed by atoms with Crippen LogP contribution in [0.15, 0.2) is 41.5 Å². The third-order valence-corrected chi connectivity index (χ3v) is 3.34. The summed E-state index contributed by atoms with van der Waals surface area (Å²) in [5.74, 6) is -2.13. The van der Waals surface area contributed by atoms with Gasteiger partial charge in [-0.05, 0) is 30.7 Å². The van der Waals surface area contributed by atoms with Gasteiger partial charge in [0.2, 0.25) is 0 Å². The minimum Gasteiger partial charge on any atom is -0.478 e. The molecule has 1 aliphatic rings. The number of rotatable bonds is 3. The van der Waals surface area contributed by atoms with E-state index in [1.807, 2.05) is 30.3 Å². The van der Waals surface area contributed by atoms with Gasteiger partial charge in [-0.1, -0.05) is 30.3 Å². The van der Waals surface area contributed by atoms with Gasteiger partial charge in [0.25, 0.3) is 0 Å². The summed E-state index contributed by atoms with van der Waals surface area (Å²) < 4.78 is 0. The highest BCUT2D eigenvalue weighted by molar-refractivity contribution is 5.99. The summed E-state index contributed by atoms with van der Waals surface area (Å²) in [6, 6.07) is 9.63. The quantitative estimate of drug-likeness (QED) is 0.858. The summed E-state index contributed by atoms with van der Waals surface area (Å²) in [6.45, 7) is 0. The van der Waals surface area contributed by atoms with Crippen molar-refractivity contribution in [1.29, 1.82) is 0 Å². The van der Waals surface area contributed by atoms with Gasteiger partial charge in [0.1, 0.15) is 0 Å². The van der Waals surface area contributed by atoms with E-state index in [0.717, 1.165) is 5.56 Å². The Labute approximate surface area is 105 Å². The second-order valence-corrected chi connectivity index (χ2v) is 4.42. The molecule has 0 amide bonds. The first kappa shape index (κ1) is 12.4. The molecule has 2 rings (SSSR count). The Bertz CT molecular complexity index is 502. The molecular formula is C14H14O4. The normalized spacial score (nSPS) is 19.7. The zero-order valence-corrected chi connectivity index (χ0v) is 9.80. The van der Waals surface area contributed by atoms with Gasteiger partial charge < -0.3 is 10.2 Å². The molecule has 0 radical (unpaired) electrons. The Morgan fingerprint density at radius 3 is 2.17 bits per heavy atom. The number of carboxylic acid groups (broad SMARTS) is 2. The van der Waals surface area contributed by atoms with Crippen LogP contribution < -0.4 is 0 Å². The minimum absolute atomic E-state index is 0.0441. The van der Waals surface area contributed by atoms with E-state index < -0.39 is 11.9 Å². The molecule has 0 bridgehead atoms. The van der Waals surface area contributed by atoms with Gasteiger partial charge in [0.15, 0.2) is 0 Å². The first-order valence-corrected chi connectivity index (χ1v) is 5.83. The third kappa shape index (κ3) is 2.42. The molecule has 18 heavy (non-hydrogen) atoms. The van der Waals surface area contributed by atoms with Crippen LogP contribution in [0, 0.1) is 0 Å². The molecule has 0 aromatic heterocycles. The van der Waals surface area contributed by atoms with Crippen LogP contribution >= 0.6 is 0 Å². The summed E-state index contributed by atoms with van der Waals surface area (Å²) in [6.07, 6.45) is 1.29. The lowest BCUT2D eigenvalue weighted by Gasteiger charge is -2.24. The van der Waals surface area contributed by atoms with Crippen LogP contribution in [0.5, 0.6) is 0 Å². The predicted octanol–water partition coefficient (Wildman–Crippen LogP) is 2.42. The van der Waals surface area contributed by atoms with E-state index in [-0.39, 0.29) is 17.1 Å². The lowest BCUT2D eigenvalue weighted by Crippen LogP contribution is -2.19. The maximum absolute atomic E-state index is 11.1. The van der Waals surface area contributed by atoms with E-state index in [1.54, 1.807) is 0 Å². The molecule has 0 saturated heterocycles. The van der Waals surface area contributed by atoms with Crippen LogP contribution in [0.4, 0.5) is 0 Å². The van der Waals surface area contributed by atoms with Crippen molar-refractivity contribution in [2.75, 3.05) is 0 Å². The topological polar surface area (TPSA) is 74.6 Å². The molecule has 0 saturated carbocycles. The van der Waals surface area contributed by atoms with Gasteiger partial charge in [0, 0.05) is 11.1 Å². The second kappa shape index (κ2) is 5.04. The first-order valence-electron chi connectivity index (χ1n) is 5.83. The van der Waals surface area contributed by atoms with Crippen LogP contribution in [0.1, 0.15) is 30.7 Å². The highest BCUT2D eigenvalue weighted by atomic mass is 16.4. The van der Waals surface area contributed by atoms with Gasteiger partial charge in [-0.3, -0.25) is 0 Å². The molecule has 1 atom stereocenters. The minimum atomic E-state index is -1.12. The molecule has 2 N–H and O–H groups in total. The molecule has 0 fully saturated rings. The Morgan fingerprint density at radius 1 is 1.00 bits per heavy atom. The van der Waals surface area contributed by atoms with Gasteiger partial charge >= 0.3 is 11.9 Å². The molecule has 0 spiro atoms. The lowest BCUT2D eigenvalue weighted by molar-refractivity contribution is -0.136. The van der Waals surface area contributed by atoms with Crippen LogP contribution in [0.25, 0.3) is 0 Å². The van der Waals surface area contributed by atoms with Crippen LogP contribution in [0.3, 0.4) is 0 Å². The second-order valence-electron chi connectivity index (χ2n) is 4.42. The number of aliphatic carboxylic acids is 2. The smallest absolute Gasteiger partial charge is 0.332 e.